The van der Waals surface area contributed by atoms with Crippen LogP contribution in [0.3, 0.4) is 0 Å². The molecule has 6 heteroatoms. The third kappa shape index (κ3) is 4.02. The van der Waals surface area contributed by atoms with Gasteiger partial charge in [0.1, 0.15) is 11.4 Å². The molecule has 4 nitrogen and oxygen atoms in total. The van der Waals surface area contributed by atoms with E-state index in [1.807, 2.05) is 20.2 Å². The van der Waals surface area contributed by atoms with Gasteiger partial charge >= 0.3 is 0 Å². The fourth-order valence-corrected chi connectivity index (χ4v) is 2.57. The number of carbonyl (C=O) groups is 1. The van der Waals surface area contributed by atoms with E-state index >= 15 is 0 Å². The SMILES string of the molecule is CCCOc1ccc(Cl)cc1NC(=O)c1cc(Br)cn1C. The van der Waals surface area contributed by atoms with Gasteiger partial charge in [0, 0.05) is 22.7 Å². The number of hydrogen-bond donors (Lipinski definition) is 1. The van der Waals surface area contributed by atoms with Crippen LogP contribution in [0, 0.1) is 0 Å². The van der Waals surface area contributed by atoms with Crippen molar-refractivity contribution in [1.82, 2.24) is 4.57 Å². The highest BCUT2D eigenvalue weighted by Crippen LogP contribution is 2.29. The maximum absolute atomic E-state index is 12.3. The third-order valence-electron chi connectivity index (χ3n) is 2.86. The molecular formula is C15H16BrClN2O2. The molecule has 0 spiro atoms. The molecule has 0 aliphatic rings. The fraction of sp³-hybridized carbons (Fsp3) is 0.267. The van der Waals surface area contributed by atoms with Gasteiger partial charge in [-0.2, -0.15) is 0 Å². The Morgan fingerprint density at radius 2 is 2.19 bits per heavy atom. The van der Waals surface area contributed by atoms with Crippen molar-refractivity contribution in [1.29, 1.82) is 0 Å². The highest BCUT2D eigenvalue weighted by molar-refractivity contribution is 9.10. The molecule has 0 radical (unpaired) electrons. The summed E-state index contributed by atoms with van der Waals surface area (Å²) in [6.45, 7) is 2.61. The number of halogens is 2. The number of nitrogens with one attached hydrogen (secondary N) is 1. The van der Waals surface area contributed by atoms with Crippen LogP contribution in [0.25, 0.3) is 0 Å². The second-order valence-corrected chi connectivity index (χ2v) is 5.95. The Hall–Kier alpha value is -1.46. The number of nitrogens with zero attached hydrogens (tertiary/aromatic N) is 1. The van der Waals surface area contributed by atoms with Crippen molar-refractivity contribution < 1.29 is 9.53 Å². The summed E-state index contributed by atoms with van der Waals surface area (Å²) in [7, 11) is 1.81. The van der Waals surface area contributed by atoms with Crippen molar-refractivity contribution in [2.75, 3.05) is 11.9 Å². The average Bonchev–Trinajstić information content (AvgIpc) is 2.77. The number of ether oxygens (including phenoxy) is 1. The molecule has 1 N–H and O–H groups in total. The molecule has 0 saturated carbocycles. The van der Waals surface area contributed by atoms with Crippen molar-refractivity contribution in [2.45, 2.75) is 13.3 Å². The van der Waals surface area contributed by atoms with Crippen LogP contribution in [0.2, 0.25) is 5.02 Å². The van der Waals surface area contributed by atoms with Gasteiger partial charge in [-0.3, -0.25) is 4.79 Å². The average molecular weight is 372 g/mol. The molecule has 1 amide bonds. The Morgan fingerprint density at radius 1 is 1.43 bits per heavy atom. The molecular weight excluding hydrogens is 356 g/mol. The fourth-order valence-electron chi connectivity index (χ4n) is 1.87. The van der Waals surface area contributed by atoms with Gasteiger partial charge in [0.15, 0.2) is 0 Å². The predicted octanol–water partition coefficient (Wildman–Crippen LogP) is 4.48. The minimum Gasteiger partial charge on any atom is -0.491 e. The Bertz CT molecular complexity index is 655. The van der Waals surface area contributed by atoms with E-state index in [1.165, 1.54) is 0 Å². The van der Waals surface area contributed by atoms with Gasteiger partial charge in [0.05, 0.1) is 12.3 Å². The molecule has 112 valence electrons. The van der Waals surface area contributed by atoms with Crippen molar-refractivity contribution in [2.24, 2.45) is 7.05 Å². The Labute approximate surface area is 137 Å². The van der Waals surface area contributed by atoms with Gasteiger partial charge in [-0.15, -0.1) is 0 Å². The molecule has 1 heterocycles. The zero-order valence-corrected chi connectivity index (χ0v) is 14.2. The summed E-state index contributed by atoms with van der Waals surface area (Å²) in [6.07, 6.45) is 2.71. The largest absolute Gasteiger partial charge is 0.491 e. The van der Waals surface area contributed by atoms with Gasteiger partial charge in [-0.25, -0.2) is 0 Å². The van der Waals surface area contributed by atoms with Crippen LogP contribution in [0.1, 0.15) is 23.8 Å². The Morgan fingerprint density at radius 3 is 2.81 bits per heavy atom. The number of aryl methyl sites for hydroxylation is 1. The Kier molecular flexibility index (Phi) is 5.31. The van der Waals surface area contributed by atoms with Gasteiger partial charge in [0.2, 0.25) is 0 Å². The van der Waals surface area contributed by atoms with Crippen LogP contribution in [-0.4, -0.2) is 17.1 Å². The smallest absolute Gasteiger partial charge is 0.272 e. The van der Waals surface area contributed by atoms with Crippen molar-refractivity contribution in [3.63, 3.8) is 0 Å². The van der Waals surface area contributed by atoms with Crippen LogP contribution in [0.15, 0.2) is 34.9 Å². The molecule has 1 aromatic carbocycles. The van der Waals surface area contributed by atoms with E-state index < -0.39 is 0 Å². The number of benzene rings is 1. The summed E-state index contributed by atoms with van der Waals surface area (Å²) in [5, 5.41) is 3.38. The minimum atomic E-state index is -0.216. The standard InChI is InChI=1S/C15H16BrClN2O2/c1-3-6-21-14-5-4-11(17)8-12(14)18-15(20)13-7-10(16)9-19(13)2/h4-5,7-9H,3,6H2,1-2H3,(H,18,20). The van der Waals surface area contributed by atoms with E-state index in [0.717, 1.165) is 10.9 Å². The summed E-state index contributed by atoms with van der Waals surface area (Å²) < 4.78 is 8.22. The summed E-state index contributed by atoms with van der Waals surface area (Å²) in [4.78, 5) is 12.3. The number of aromatic nitrogens is 1. The molecule has 0 unspecified atom stereocenters. The van der Waals surface area contributed by atoms with Crippen LogP contribution in [0.5, 0.6) is 5.75 Å². The van der Waals surface area contributed by atoms with Crippen LogP contribution >= 0.6 is 27.5 Å². The van der Waals surface area contributed by atoms with Crippen molar-refractivity contribution >= 4 is 39.1 Å². The molecule has 0 fully saturated rings. The maximum Gasteiger partial charge on any atom is 0.272 e. The molecule has 0 bridgehead atoms. The third-order valence-corrected chi connectivity index (χ3v) is 3.52. The zero-order valence-electron chi connectivity index (χ0n) is 11.8. The number of amides is 1. The molecule has 0 aliphatic heterocycles. The molecule has 2 rings (SSSR count). The van der Waals surface area contributed by atoms with Crippen molar-refractivity contribution in [3.8, 4) is 5.75 Å². The molecule has 0 aliphatic carbocycles. The van der Waals surface area contributed by atoms with E-state index in [9.17, 15) is 4.79 Å². The first-order valence-electron chi connectivity index (χ1n) is 6.57. The van der Waals surface area contributed by atoms with E-state index in [1.54, 1.807) is 28.8 Å². The quantitative estimate of drug-likeness (QED) is 0.842. The van der Waals surface area contributed by atoms with E-state index in [0.29, 0.717) is 28.8 Å². The molecule has 0 saturated heterocycles. The normalized spacial score (nSPS) is 10.5. The van der Waals surface area contributed by atoms with Crippen LogP contribution in [0.4, 0.5) is 5.69 Å². The monoisotopic (exact) mass is 370 g/mol. The lowest BCUT2D eigenvalue weighted by molar-refractivity contribution is 0.101. The summed E-state index contributed by atoms with van der Waals surface area (Å²) in [6, 6.07) is 6.94. The molecule has 2 aromatic rings. The van der Waals surface area contributed by atoms with Gasteiger partial charge in [-0.05, 0) is 46.6 Å². The topological polar surface area (TPSA) is 43.3 Å². The summed E-state index contributed by atoms with van der Waals surface area (Å²) in [5.74, 6) is 0.398. The second-order valence-electron chi connectivity index (χ2n) is 4.60. The maximum atomic E-state index is 12.3. The summed E-state index contributed by atoms with van der Waals surface area (Å²) >= 11 is 9.35. The predicted molar refractivity (Wildman–Crippen MR) is 88.3 cm³/mol. The molecule has 21 heavy (non-hydrogen) atoms. The lowest BCUT2D eigenvalue weighted by Crippen LogP contribution is -2.16. The molecule has 1 aromatic heterocycles. The first-order chi connectivity index (χ1) is 10.0. The lowest BCUT2D eigenvalue weighted by Gasteiger charge is -2.12. The van der Waals surface area contributed by atoms with Crippen LogP contribution in [-0.2, 0) is 7.05 Å². The number of hydrogen-bond acceptors (Lipinski definition) is 2. The lowest BCUT2D eigenvalue weighted by atomic mass is 10.2. The number of anilines is 1. The first kappa shape index (κ1) is 15.9. The van der Waals surface area contributed by atoms with Gasteiger partial charge < -0.3 is 14.6 Å². The molecule has 0 atom stereocenters. The van der Waals surface area contributed by atoms with E-state index in [-0.39, 0.29) is 5.91 Å². The second kappa shape index (κ2) is 7.00. The highest BCUT2D eigenvalue weighted by atomic mass is 79.9. The number of carbonyl (C=O) groups excluding carboxylic acids is 1. The number of rotatable bonds is 5. The van der Waals surface area contributed by atoms with Gasteiger partial charge in [0.25, 0.3) is 5.91 Å². The Balaban J connectivity index is 2.23. The minimum absolute atomic E-state index is 0.216. The first-order valence-corrected chi connectivity index (χ1v) is 7.74. The highest BCUT2D eigenvalue weighted by Gasteiger charge is 2.14. The summed E-state index contributed by atoms with van der Waals surface area (Å²) in [5.41, 5.74) is 1.11. The van der Waals surface area contributed by atoms with Gasteiger partial charge in [-0.1, -0.05) is 18.5 Å². The van der Waals surface area contributed by atoms with Crippen molar-refractivity contribution in [3.05, 3.63) is 45.7 Å². The zero-order chi connectivity index (χ0) is 15.4. The van der Waals surface area contributed by atoms with Crippen LogP contribution < -0.4 is 10.1 Å². The van der Waals surface area contributed by atoms with E-state index in [2.05, 4.69) is 21.2 Å². The van der Waals surface area contributed by atoms with E-state index in [4.69, 9.17) is 16.3 Å².